The van der Waals surface area contributed by atoms with E-state index in [0.717, 1.165) is 10.9 Å². The number of aryl methyl sites for hydroxylation is 1. The Morgan fingerprint density at radius 2 is 1.80 bits per heavy atom. The highest BCUT2D eigenvalue weighted by Gasteiger charge is 2.09. The second-order valence-electron chi connectivity index (χ2n) is 4.28. The Hall–Kier alpha value is -1.51. The highest BCUT2D eigenvalue weighted by Crippen LogP contribution is 2.19. The summed E-state index contributed by atoms with van der Waals surface area (Å²) < 4.78 is 3.53. The molecule has 80 valence electrons. The topological polar surface area (TPSA) is 26.9 Å². The molecule has 1 heterocycles. The lowest BCUT2D eigenvalue weighted by Crippen LogP contribution is -2.16. The van der Waals surface area contributed by atoms with Crippen LogP contribution in [0, 0.1) is 0 Å². The molecule has 0 N–H and O–H groups in total. The lowest BCUT2D eigenvalue weighted by atomic mass is 10.0. The Kier molecular flexibility index (Phi) is 2.18. The zero-order valence-electron chi connectivity index (χ0n) is 9.61. The van der Waals surface area contributed by atoms with Gasteiger partial charge in [-0.1, -0.05) is 19.9 Å². The van der Waals surface area contributed by atoms with Gasteiger partial charge in [-0.3, -0.25) is 14.2 Å². The molecular formula is C12H16N2O. The van der Waals surface area contributed by atoms with Crippen molar-refractivity contribution in [1.29, 1.82) is 0 Å². The van der Waals surface area contributed by atoms with E-state index in [1.54, 1.807) is 11.7 Å². The van der Waals surface area contributed by atoms with Gasteiger partial charge in [0.1, 0.15) is 0 Å². The highest BCUT2D eigenvalue weighted by molar-refractivity contribution is 5.79. The van der Waals surface area contributed by atoms with Crippen LogP contribution < -0.4 is 5.56 Å². The predicted molar refractivity (Wildman–Crippen MR) is 62.2 cm³/mol. The third kappa shape index (κ3) is 1.39. The normalized spacial score (nSPS) is 11.5. The molecule has 0 saturated carbocycles. The SMILES string of the molecule is CC(C)c1ccc2c(=O)n(C)n(C)c2c1. The number of aromatic nitrogens is 2. The smallest absolute Gasteiger partial charge is 0.274 e. The number of hydrogen-bond donors (Lipinski definition) is 0. The van der Waals surface area contributed by atoms with Crippen molar-refractivity contribution in [2.75, 3.05) is 0 Å². The molecular weight excluding hydrogens is 188 g/mol. The molecule has 0 aliphatic heterocycles. The fraction of sp³-hybridized carbons (Fsp3) is 0.417. The molecule has 1 aromatic heterocycles. The first kappa shape index (κ1) is 10.0. The molecule has 0 fully saturated rings. The molecule has 0 spiro atoms. The molecule has 0 aliphatic rings. The van der Waals surface area contributed by atoms with Crippen LogP contribution in [0.4, 0.5) is 0 Å². The van der Waals surface area contributed by atoms with Crippen molar-refractivity contribution in [2.24, 2.45) is 14.1 Å². The van der Waals surface area contributed by atoms with Crippen LogP contribution in [0.5, 0.6) is 0 Å². The van der Waals surface area contributed by atoms with Crippen molar-refractivity contribution in [1.82, 2.24) is 9.36 Å². The molecule has 2 rings (SSSR count). The Morgan fingerprint density at radius 1 is 1.13 bits per heavy atom. The van der Waals surface area contributed by atoms with Crippen LogP contribution >= 0.6 is 0 Å². The molecule has 0 amide bonds. The van der Waals surface area contributed by atoms with Crippen LogP contribution in [0.15, 0.2) is 23.0 Å². The van der Waals surface area contributed by atoms with Crippen LogP contribution in [-0.2, 0) is 14.1 Å². The minimum atomic E-state index is 0.0720. The summed E-state index contributed by atoms with van der Waals surface area (Å²) in [6.07, 6.45) is 0. The summed E-state index contributed by atoms with van der Waals surface area (Å²) in [5.74, 6) is 0.490. The van der Waals surface area contributed by atoms with E-state index in [1.807, 2.05) is 23.9 Å². The molecule has 0 radical (unpaired) electrons. The first-order chi connectivity index (χ1) is 7.02. The lowest BCUT2D eigenvalue weighted by molar-refractivity contribution is 0.595. The van der Waals surface area contributed by atoms with E-state index in [9.17, 15) is 4.79 Å². The predicted octanol–water partition coefficient (Wildman–Crippen LogP) is 2.00. The Morgan fingerprint density at radius 3 is 2.40 bits per heavy atom. The second-order valence-corrected chi connectivity index (χ2v) is 4.28. The zero-order chi connectivity index (χ0) is 11.2. The molecule has 15 heavy (non-hydrogen) atoms. The van der Waals surface area contributed by atoms with Crippen LogP contribution in [0.25, 0.3) is 10.9 Å². The van der Waals surface area contributed by atoms with Crippen molar-refractivity contribution < 1.29 is 0 Å². The molecule has 2 aromatic rings. The second kappa shape index (κ2) is 3.26. The van der Waals surface area contributed by atoms with Crippen molar-refractivity contribution >= 4 is 10.9 Å². The maximum absolute atomic E-state index is 11.8. The summed E-state index contributed by atoms with van der Waals surface area (Å²) in [5.41, 5.74) is 2.35. The third-order valence-electron chi connectivity index (χ3n) is 3.01. The minimum absolute atomic E-state index is 0.0720. The van der Waals surface area contributed by atoms with E-state index in [1.165, 1.54) is 5.56 Å². The molecule has 0 aliphatic carbocycles. The summed E-state index contributed by atoms with van der Waals surface area (Å²) in [5, 5.41) is 0.796. The third-order valence-corrected chi connectivity index (χ3v) is 3.01. The van der Waals surface area contributed by atoms with E-state index < -0.39 is 0 Å². The highest BCUT2D eigenvalue weighted by atomic mass is 16.1. The van der Waals surface area contributed by atoms with Gasteiger partial charge in [0.25, 0.3) is 5.56 Å². The summed E-state index contributed by atoms with van der Waals surface area (Å²) in [6, 6.07) is 6.06. The van der Waals surface area contributed by atoms with Gasteiger partial charge in [0.2, 0.25) is 0 Å². The van der Waals surface area contributed by atoms with Gasteiger partial charge in [-0.15, -0.1) is 0 Å². The molecule has 3 nitrogen and oxygen atoms in total. The van der Waals surface area contributed by atoms with E-state index in [4.69, 9.17) is 0 Å². The number of benzene rings is 1. The van der Waals surface area contributed by atoms with Crippen LogP contribution in [0.3, 0.4) is 0 Å². The maximum atomic E-state index is 11.8. The van der Waals surface area contributed by atoms with E-state index >= 15 is 0 Å². The Bertz CT molecular complexity index is 561. The minimum Gasteiger partial charge on any atom is -0.285 e. The quantitative estimate of drug-likeness (QED) is 0.698. The first-order valence-electron chi connectivity index (χ1n) is 5.18. The number of fused-ring (bicyclic) bond motifs is 1. The molecule has 0 saturated heterocycles. The molecule has 0 bridgehead atoms. The number of hydrogen-bond acceptors (Lipinski definition) is 1. The Labute approximate surface area is 88.9 Å². The van der Waals surface area contributed by atoms with Gasteiger partial charge in [-0.25, -0.2) is 0 Å². The van der Waals surface area contributed by atoms with Gasteiger partial charge < -0.3 is 0 Å². The average molecular weight is 204 g/mol. The Balaban J connectivity index is 2.83. The largest absolute Gasteiger partial charge is 0.285 e. The van der Waals surface area contributed by atoms with Crippen molar-refractivity contribution in [3.8, 4) is 0 Å². The van der Waals surface area contributed by atoms with Crippen LogP contribution in [-0.4, -0.2) is 9.36 Å². The van der Waals surface area contributed by atoms with Gasteiger partial charge in [0.15, 0.2) is 0 Å². The molecule has 1 aromatic carbocycles. The lowest BCUT2D eigenvalue weighted by Gasteiger charge is -2.05. The van der Waals surface area contributed by atoms with Gasteiger partial charge >= 0.3 is 0 Å². The van der Waals surface area contributed by atoms with Crippen molar-refractivity contribution in [3.05, 3.63) is 34.1 Å². The van der Waals surface area contributed by atoms with Crippen molar-refractivity contribution in [3.63, 3.8) is 0 Å². The maximum Gasteiger partial charge on any atom is 0.274 e. The van der Waals surface area contributed by atoms with Crippen LogP contribution in [0.1, 0.15) is 25.3 Å². The summed E-state index contributed by atoms with van der Waals surface area (Å²) in [4.78, 5) is 11.8. The van der Waals surface area contributed by atoms with E-state index in [0.29, 0.717) is 5.92 Å². The van der Waals surface area contributed by atoms with Gasteiger partial charge in [0, 0.05) is 14.1 Å². The summed E-state index contributed by atoms with van der Waals surface area (Å²) in [7, 11) is 3.70. The fourth-order valence-electron chi connectivity index (χ4n) is 1.83. The van der Waals surface area contributed by atoms with E-state index in [2.05, 4.69) is 19.9 Å². The zero-order valence-corrected chi connectivity index (χ0v) is 9.61. The first-order valence-corrected chi connectivity index (χ1v) is 5.18. The average Bonchev–Trinajstić information content (AvgIpc) is 2.44. The summed E-state index contributed by atoms with van der Waals surface area (Å²) >= 11 is 0. The van der Waals surface area contributed by atoms with E-state index in [-0.39, 0.29) is 5.56 Å². The van der Waals surface area contributed by atoms with Crippen LogP contribution in [0.2, 0.25) is 0 Å². The molecule has 0 atom stereocenters. The number of nitrogens with zero attached hydrogens (tertiary/aromatic N) is 2. The van der Waals surface area contributed by atoms with Gasteiger partial charge in [0.05, 0.1) is 10.9 Å². The molecule has 0 unspecified atom stereocenters. The van der Waals surface area contributed by atoms with Crippen molar-refractivity contribution in [2.45, 2.75) is 19.8 Å². The number of rotatable bonds is 1. The van der Waals surface area contributed by atoms with Gasteiger partial charge in [-0.2, -0.15) is 0 Å². The fourth-order valence-corrected chi connectivity index (χ4v) is 1.83. The monoisotopic (exact) mass is 204 g/mol. The summed E-state index contributed by atoms with van der Waals surface area (Å²) in [6.45, 7) is 4.31. The van der Waals surface area contributed by atoms with Gasteiger partial charge in [-0.05, 0) is 23.6 Å². The standard InChI is InChI=1S/C12H16N2O/c1-8(2)9-5-6-10-11(7-9)13(3)14(4)12(10)15/h5-8H,1-4H3. The molecule has 3 heteroatoms.